The van der Waals surface area contributed by atoms with Crippen molar-refractivity contribution in [3.05, 3.63) is 103 Å². The van der Waals surface area contributed by atoms with Gasteiger partial charge >= 0.3 is 0 Å². The van der Waals surface area contributed by atoms with Gasteiger partial charge in [-0.2, -0.15) is 0 Å². The van der Waals surface area contributed by atoms with E-state index in [1.54, 1.807) is 48.5 Å². The Morgan fingerprint density at radius 3 is 2.54 bits per heavy atom. The van der Waals surface area contributed by atoms with Crippen molar-refractivity contribution in [2.75, 3.05) is 11.9 Å². The Kier molecular flexibility index (Phi) is 5.86. The lowest BCUT2D eigenvalue weighted by molar-refractivity contribution is -0.534. The van der Waals surface area contributed by atoms with Crippen LogP contribution in [0.3, 0.4) is 0 Å². The van der Waals surface area contributed by atoms with E-state index in [1.165, 1.54) is 12.1 Å². The van der Waals surface area contributed by atoms with Crippen LogP contribution in [0.5, 0.6) is 5.75 Å². The Balaban J connectivity index is 1.40. The topological polar surface area (TPSA) is 84.7 Å². The predicted octanol–water partition coefficient (Wildman–Crippen LogP) is 5.77. The molecule has 3 aliphatic rings. The molecule has 1 spiro atoms. The number of carbonyl (C=O) groups excluding carboxylic acids is 1. The van der Waals surface area contributed by atoms with Crippen molar-refractivity contribution in [2.24, 2.45) is 0 Å². The highest BCUT2D eigenvalue weighted by molar-refractivity contribution is 6.37. The number of para-hydroxylation sites is 1. The lowest BCUT2D eigenvalue weighted by Gasteiger charge is -2.32. The van der Waals surface area contributed by atoms with Crippen LogP contribution in [0.2, 0.25) is 10.0 Å². The maximum atomic E-state index is 13.6. The van der Waals surface area contributed by atoms with E-state index < -0.39 is 17.5 Å². The van der Waals surface area contributed by atoms with Crippen molar-refractivity contribution in [2.45, 2.75) is 43.0 Å². The van der Waals surface area contributed by atoms with E-state index >= 15 is 0 Å². The van der Waals surface area contributed by atoms with Crippen molar-refractivity contribution in [1.82, 2.24) is 4.90 Å². The Bertz CT molecular complexity index is 1400. The highest BCUT2D eigenvalue weighted by Gasteiger charge is 2.73. The Morgan fingerprint density at radius 1 is 1.14 bits per heavy atom. The van der Waals surface area contributed by atoms with Gasteiger partial charge in [-0.25, -0.2) is 4.39 Å². The number of nitrogens with zero attached hydrogens (tertiary/aromatic N) is 2. The summed E-state index contributed by atoms with van der Waals surface area (Å²) in [6.07, 6.45) is 1.54. The smallest absolute Gasteiger partial charge is 0.256 e. The molecular formula is C27H22Cl2FN3O4. The van der Waals surface area contributed by atoms with Crippen LogP contribution in [0.4, 0.5) is 10.1 Å². The largest absolute Gasteiger partial charge is 0.486 e. The molecule has 0 aliphatic carbocycles. The van der Waals surface area contributed by atoms with Gasteiger partial charge in [-0.15, -0.1) is 0 Å². The summed E-state index contributed by atoms with van der Waals surface area (Å²) in [5.74, 6) is -1.09. The highest BCUT2D eigenvalue weighted by atomic mass is 35.5. The molecule has 7 nitrogen and oxygen atoms in total. The molecule has 6 rings (SSSR count). The van der Waals surface area contributed by atoms with E-state index in [2.05, 4.69) is 5.32 Å². The summed E-state index contributed by atoms with van der Waals surface area (Å²) in [7, 11) is 0. The van der Waals surface area contributed by atoms with Crippen LogP contribution < -0.4 is 10.1 Å². The van der Waals surface area contributed by atoms with E-state index in [9.17, 15) is 19.3 Å². The standard InChI is InChI=1S/C27H22Cl2FN3O4/c28-19-12-16(13-20(29)24(19)37-14-15-7-9-17(30)10-8-15)23-22-6-3-11-32(22)27(25(23)33(35)36)18-4-1-2-5-21(18)31-26(27)34/h1-2,4-5,7-10,12-13,22-23,25H,3,6,11,14H2,(H,31,34)/t22-,23-,25-,27+/m1/s1. The van der Waals surface area contributed by atoms with Gasteiger partial charge in [0.2, 0.25) is 0 Å². The fraction of sp³-hybridized carbons (Fsp3) is 0.296. The maximum Gasteiger partial charge on any atom is 0.256 e. The lowest BCUT2D eigenvalue weighted by Crippen LogP contribution is -2.55. The molecule has 190 valence electrons. The third-order valence-corrected chi connectivity index (χ3v) is 8.36. The lowest BCUT2D eigenvalue weighted by atomic mass is 9.77. The molecule has 0 radical (unpaired) electrons. The molecular weight excluding hydrogens is 520 g/mol. The normalized spacial score (nSPS) is 26.2. The predicted molar refractivity (Wildman–Crippen MR) is 137 cm³/mol. The number of halogens is 3. The van der Waals surface area contributed by atoms with E-state index in [0.29, 0.717) is 29.8 Å². The second kappa shape index (κ2) is 8.97. The molecule has 1 N–H and O–H groups in total. The molecule has 2 fully saturated rings. The molecule has 0 aromatic heterocycles. The molecule has 2 saturated heterocycles. The second-order valence-electron chi connectivity index (χ2n) is 9.65. The molecule has 0 unspecified atom stereocenters. The van der Waals surface area contributed by atoms with E-state index in [4.69, 9.17) is 27.9 Å². The molecule has 0 saturated carbocycles. The van der Waals surface area contributed by atoms with Crippen molar-refractivity contribution in [1.29, 1.82) is 0 Å². The summed E-state index contributed by atoms with van der Waals surface area (Å²) in [5, 5.41) is 16.1. The average molecular weight is 542 g/mol. The first-order chi connectivity index (χ1) is 17.8. The summed E-state index contributed by atoms with van der Waals surface area (Å²) in [6, 6.07) is 14.9. The number of ether oxygens (including phenoxy) is 1. The number of rotatable bonds is 5. The van der Waals surface area contributed by atoms with Crippen molar-refractivity contribution < 1.29 is 18.8 Å². The number of carbonyl (C=O) groups is 1. The number of fused-ring (bicyclic) bond motifs is 4. The number of nitrogens with one attached hydrogen (secondary N) is 1. The maximum absolute atomic E-state index is 13.6. The third-order valence-electron chi connectivity index (χ3n) is 7.80. The summed E-state index contributed by atoms with van der Waals surface area (Å²) >= 11 is 13.2. The Labute approximate surface area is 222 Å². The van der Waals surface area contributed by atoms with Gasteiger partial charge < -0.3 is 10.1 Å². The second-order valence-corrected chi connectivity index (χ2v) is 10.5. The number of anilines is 1. The highest BCUT2D eigenvalue weighted by Crippen LogP contribution is 2.58. The fourth-order valence-electron chi connectivity index (χ4n) is 6.42. The first-order valence-electron chi connectivity index (χ1n) is 12.0. The number of amides is 1. The summed E-state index contributed by atoms with van der Waals surface area (Å²) in [6.45, 7) is 0.698. The van der Waals surface area contributed by atoms with Gasteiger partial charge in [-0.3, -0.25) is 19.8 Å². The first-order valence-corrected chi connectivity index (χ1v) is 12.8. The van der Waals surface area contributed by atoms with Crippen LogP contribution in [0.25, 0.3) is 0 Å². The molecule has 3 aromatic carbocycles. The van der Waals surface area contributed by atoms with Crippen LogP contribution in [-0.2, 0) is 16.9 Å². The van der Waals surface area contributed by atoms with Gasteiger partial charge in [0.15, 0.2) is 11.3 Å². The third kappa shape index (κ3) is 3.61. The fourth-order valence-corrected chi connectivity index (χ4v) is 7.03. The van der Waals surface area contributed by atoms with Crippen molar-refractivity contribution in [3.63, 3.8) is 0 Å². The molecule has 10 heteroatoms. The van der Waals surface area contributed by atoms with Gasteiger partial charge in [0.1, 0.15) is 12.4 Å². The van der Waals surface area contributed by atoms with Crippen molar-refractivity contribution in [3.8, 4) is 5.75 Å². The quantitative estimate of drug-likeness (QED) is 0.327. The Hall–Kier alpha value is -3.20. The van der Waals surface area contributed by atoms with Crippen LogP contribution in [-0.4, -0.2) is 34.4 Å². The zero-order valence-corrected chi connectivity index (χ0v) is 21.0. The number of nitro groups is 1. The van der Waals surface area contributed by atoms with E-state index in [0.717, 1.165) is 12.0 Å². The molecule has 3 heterocycles. The average Bonchev–Trinajstić information content (AvgIpc) is 3.53. The zero-order chi connectivity index (χ0) is 25.9. The van der Waals surface area contributed by atoms with E-state index in [1.807, 2.05) is 4.90 Å². The molecule has 0 bridgehead atoms. The molecule has 3 aromatic rings. The first kappa shape index (κ1) is 24.2. The minimum absolute atomic E-state index is 0.122. The SMILES string of the molecule is O=C1Nc2ccccc2[C@]12[C@H]([N+](=O)[O-])[C@H](c1cc(Cl)c(OCc3ccc(F)cc3)c(Cl)c1)[C@H]1CCCN12. The van der Waals surface area contributed by atoms with Gasteiger partial charge in [-0.05, 0) is 54.3 Å². The van der Waals surface area contributed by atoms with Crippen LogP contribution in [0.1, 0.15) is 35.4 Å². The number of hydrogen-bond donors (Lipinski definition) is 1. The van der Waals surface area contributed by atoms with Gasteiger partial charge in [0, 0.05) is 28.8 Å². The molecule has 4 atom stereocenters. The Morgan fingerprint density at radius 2 is 1.84 bits per heavy atom. The molecule has 1 amide bonds. The molecule has 3 aliphatic heterocycles. The van der Waals surface area contributed by atoms with Gasteiger partial charge in [0.25, 0.3) is 11.9 Å². The zero-order valence-electron chi connectivity index (χ0n) is 19.5. The summed E-state index contributed by atoms with van der Waals surface area (Å²) in [4.78, 5) is 28.0. The van der Waals surface area contributed by atoms with Crippen LogP contribution in [0, 0.1) is 15.9 Å². The summed E-state index contributed by atoms with van der Waals surface area (Å²) < 4.78 is 19.0. The van der Waals surface area contributed by atoms with E-state index in [-0.39, 0.29) is 45.1 Å². The summed E-state index contributed by atoms with van der Waals surface area (Å²) in [5.41, 5.74) is 1.15. The van der Waals surface area contributed by atoms with Gasteiger partial charge in [0.05, 0.1) is 16.0 Å². The van der Waals surface area contributed by atoms with Gasteiger partial charge in [-0.1, -0.05) is 53.5 Å². The number of benzene rings is 3. The number of hydrogen-bond acceptors (Lipinski definition) is 5. The van der Waals surface area contributed by atoms with Crippen molar-refractivity contribution >= 4 is 34.8 Å². The van der Waals surface area contributed by atoms with Crippen LogP contribution in [0.15, 0.2) is 60.7 Å². The minimum atomic E-state index is -1.41. The minimum Gasteiger partial charge on any atom is -0.486 e. The monoisotopic (exact) mass is 541 g/mol. The van der Waals surface area contributed by atoms with Crippen LogP contribution >= 0.6 is 23.2 Å². The molecule has 37 heavy (non-hydrogen) atoms.